The molecule has 0 unspecified atom stereocenters. The predicted octanol–water partition coefficient (Wildman–Crippen LogP) is 4.51. The van der Waals surface area contributed by atoms with Crippen molar-refractivity contribution in [3.05, 3.63) is 35.4 Å². The van der Waals surface area contributed by atoms with Crippen LogP contribution in [0.2, 0.25) is 0 Å². The Hall–Kier alpha value is -1.95. The average molecular weight is 426 g/mol. The number of Topliss-reactive ketones (excluding diaryl/α,β-unsaturated/α-hetero) is 1. The van der Waals surface area contributed by atoms with Gasteiger partial charge in [0.15, 0.2) is 5.89 Å². The second-order valence-corrected chi connectivity index (χ2v) is 10.3. The molecule has 1 saturated heterocycles. The molecule has 6 nitrogen and oxygen atoms in total. The number of likely N-dealkylation sites (tertiary alicyclic amines) is 1. The van der Waals surface area contributed by atoms with Crippen molar-refractivity contribution in [2.75, 3.05) is 19.6 Å². The SMILES string of the molecule is CCc1cc([C@]23C[C@H]2CN(CCC2CCC(CC(=O)Cc4cnc(C)o4)CC2)C3)no1. The Bertz CT molecular complexity index is 911. The van der Waals surface area contributed by atoms with E-state index < -0.39 is 0 Å². The molecule has 2 aromatic heterocycles. The number of ketones is 1. The first-order chi connectivity index (χ1) is 15.0. The second-order valence-electron chi connectivity index (χ2n) is 10.3. The molecule has 5 rings (SSSR count). The molecule has 0 aromatic carbocycles. The van der Waals surface area contributed by atoms with Gasteiger partial charge in [0.2, 0.25) is 0 Å². The van der Waals surface area contributed by atoms with E-state index in [4.69, 9.17) is 8.94 Å². The van der Waals surface area contributed by atoms with Gasteiger partial charge in [-0.2, -0.15) is 0 Å². The van der Waals surface area contributed by atoms with Crippen molar-refractivity contribution in [3.8, 4) is 0 Å². The van der Waals surface area contributed by atoms with Gasteiger partial charge in [0.25, 0.3) is 0 Å². The van der Waals surface area contributed by atoms with Crippen LogP contribution in [-0.2, 0) is 23.1 Å². The molecule has 3 heterocycles. The number of aromatic nitrogens is 2. The van der Waals surface area contributed by atoms with Gasteiger partial charge in [0.05, 0.1) is 18.3 Å². The highest BCUT2D eigenvalue weighted by atomic mass is 16.5. The van der Waals surface area contributed by atoms with Crippen molar-refractivity contribution in [1.82, 2.24) is 15.0 Å². The lowest BCUT2D eigenvalue weighted by atomic mass is 9.78. The average Bonchev–Trinajstić information content (AvgIpc) is 3.17. The minimum Gasteiger partial charge on any atom is -0.446 e. The monoisotopic (exact) mass is 425 g/mol. The Morgan fingerprint density at radius 3 is 2.74 bits per heavy atom. The summed E-state index contributed by atoms with van der Waals surface area (Å²) in [5, 5.41) is 4.39. The Morgan fingerprint density at radius 2 is 2.03 bits per heavy atom. The Labute approximate surface area is 184 Å². The zero-order chi connectivity index (χ0) is 21.4. The summed E-state index contributed by atoms with van der Waals surface area (Å²) in [6.07, 6.45) is 11.2. The van der Waals surface area contributed by atoms with Gasteiger partial charge in [-0.3, -0.25) is 4.79 Å². The van der Waals surface area contributed by atoms with E-state index in [0.717, 1.165) is 30.6 Å². The van der Waals surface area contributed by atoms with Gasteiger partial charge in [-0.25, -0.2) is 4.98 Å². The van der Waals surface area contributed by atoms with Crippen LogP contribution in [-0.4, -0.2) is 40.5 Å². The molecule has 6 heteroatoms. The minimum atomic E-state index is 0.289. The molecule has 2 saturated carbocycles. The maximum Gasteiger partial charge on any atom is 0.191 e. The van der Waals surface area contributed by atoms with Crippen LogP contribution in [0.1, 0.15) is 75.0 Å². The summed E-state index contributed by atoms with van der Waals surface area (Å²) in [7, 11) is 0. The molecule has 2 aromatic rings. The van der Waals surface area contributed by atoms with Gasteiger partial charge < -0.3 is 13.8 Å². The van der Waals surface area contributed by atoms with E-state index in [0.29, 0.717) is 36.2 Å². The lowest BCUT2D eigenvalue weighted by Crippen LogP contribution is -2.29. The minimum absolute atomic E-state index is 0.289. The van der Waals surface area contributed by atoms with Crippen molar-refractivity contribution >= 4 is 5.78 Å². The highest BCUT2D eigenvalue weighted by molar-refractivity contribution is 5.80. The van der Waals surface area contributed by atoms with E-state index in [2.05, 4.69) is 28.0 Å². The van der Waals surface area contributed by atoms with Gasteiger partial charge in [0, 0.05) is 44.3 Å². The first-order valence-corrected chi connectivity index (χ1v) is 12.2. The summed E-state index contributed by atoms with van der Waals surface area (Å²) < 4.78 is 10.9. The topological polar surface area (TPSA) is 72.4 Å². The molecule has 0 bridgehead atoms. The Balaban J connectivity index is 1.02. The standard InChI is InChI=1S/C25H35N3O3/c1-3-22-12-24(27-31-22)25-13-20(25)15-28(16-25)9-8-18-4-6-19(7-5-18)10-21(29)11-23-14-26-17(2)30-23/h12,14,18-20H,3-11,13,15-16H2,1-2H3/t18?,19?,20-,25-/m0/s1. The highest BCUT2D eigenvalue weighted by Gasteiger charge is 2.62. The number of carbonyl (C=O) groups excluding carboxylic acids is 1. The molecular weight excluding hydrogens is 390 g/mol. The quantitative estimate of drug-likeness (QED) is 0.589. The third kappa shape index (κ3) is 4.50. The van der Waals surface area contributed by atoms with Crippen LogP contribution < -0.4 is 0 Å². The predicted molar refractivity (Wildman–Crippen MR) is 117 cm³/mol. The number of nitrogens with zero attached hydrogens (tertiary/aromatic N) is 3. The molecular formula is C25H35N3O3. The summed E-state index contributed by atoms with van der Waals surface area (Å²) in [5.74, 6) is 4.79. The van der Waals surface area contributed by atoms with Crippen LogP contribution in [0, 0.1) is 24.7 Å². The fraction of sp³-hybridized carbons (Fsp3) is 0.720. The van der Waals surface area contributed by atoms with Gasteiger partial charge in [-0.05, 0) is 50.0 Å². The number of rotatable bonds is 9. The smallest absolute Gasteiger partial charge is 0.191 e. The van der Waals surface area contributed by atoms with E-state index in [1.165, 1.54) is 57.3 Å². The molecule has 31 heavy (non-hydrogen) atoms. The molecule has 1 aliphatic heterocycles. The van der Waals surface area contributed by atoms with Crippen molar-refractivity contribution in [2.45, 2.75) is 77.0 Å². The summed E-state index contributed by atoms with van der Waals surface area (Å²) in [4.78, 5) is 19.1. The zero-order valence-corrected chi connectivity index (χ0v) is 18.9. The first kappa shape index (κ1) is 20.9. The molecule has 168 valence electrons. The normalized spacial score (nSPS) is 30.5. The van der Waals surface area contributed by atoms with E-state index in [1.54, 1.807) is 6.20 Å². The molecule has 3 aliphatic rings. The summed E-state index contributed by atoms with van der Waals surface area (Å²) in [5.41, 5.74) is 1.49. The fourth-order valence-corrected chi connectivity index (χ4v) is 6.03. The van der Waals surface area contributed by atoms with E-state index in [9.17, 15) is 4.79 Å². The fourth-order valence-electron chi connectivity index (χ4n) is 6.03. The lowest BCUT2D eigenvalue weighted by Gasteiger charge is -2.30. The number of hydrogen-bond acceptors (Lipinski definition) is 6. The lowest BCUT2D eigenvalue weighted by molar-refractivity contribution is -0.119. The number of hydrogen-bond donors (Lipinski definition) is 0. The van der Waals surface area contributed by atoms with Crippen LogP contribution in [0.3, 0.4) is 0 Å². The maximum absolute atomic E-state index is 12.4. The van der Waals surface area contributed by atoms with Crippen LogP contribution in [0.4, 0.5) is 0 Å². The number of fused-ring (bicyclic) bond motifs is 1. The third-order valence-electron chi connectivity index (χ3n) is 8.01. The molecule has 2 aliphatic carbocycles. The van der Waals surface area contributed by atoms with Gasteiger partial charge >= 0.3 is 0 Å². The summed E-state index contributed by atoms with van der Waals surface area (Å²) in [6, 6.07) is 2.19. The molecule has 3 fully saturated rings. The number of oxazole rings is 1. The van der Waals surface area contributed by atoms with Crippen molar-refractivity contribution < 1.29 is 13.7 Å². The largest absolute Gasteiger partial charge is 0.446 e. The third-order valence-corrected chi connectivity index (χ3v) is 8.01. The van der Waals surface area contributed by atoms with E-state index in [-0.39, 0.29) is 5.41 Å². The second kappa shape index (κ2) is 8.53. The first-order valence-electron chi connectivity index (χ1n) is 12.2. The van der Waals surface area contributed by atoms with Gasteiger partial charge in [0.1, 0.15) is 17.3 Å². The summed E-state index contributed by atoms with van der Waals surface area (Å²) >= 11 is 0. The van der Waals surface area contributed by atoms with Crippen LogP contribution in [0.15, 0.2) is 21.2 Å². The zero-order valence-electron chi connectivity index (χ0n) is 18.9. The highest BCUT2D eigenvalue weighted by Crippen LogP contribution is 2.58. The molecule has 0 radical (unpaired) electrons. The number of carbonyl (C=O) groups is 1. The van der Waals surface area contributed by atoms with Crippen molar-refractivity contribution in [3.63, 3.8) is 0 Å². The molecule has 2 atom stereocenters. The molecule has 0 amide bonds. The Morgan fingerprint density at radius 1 is 1.23 bits per heavy atom. The van der Waals surface area contributed by atoms with Gasteiger partial charge in [-0.15, -0.1) is 0 Å². The Kier molecular flexibility index (Phi) is 5.76. The van der Waals surface area contributed by atoms with E-state index in [1.807, 2.05) is 6.92 Å². The number of aryl methyl sites for hydroxylation is 2. The maximum atomic E-state index is 12.4. The molecule has 0 spiro atoms. The van der Waals surface area contributed by atoms with Crippen LogP contribution >= 0.6 is 0 Å². The van der Waals surface area contributed by atoms with Crippen molar-refractivity contribution in [1.29, 1.82) is 0 Å². The number of piperidine rings is 1. The van der Waals surface area contributed by atoms with Gasteiger partial charge in [-0.1, -0.05) is 24.9 Å². The van der Waals surface area contributed by atoms with E-state index >= 15 is 0 Å². The summed E-state index contributed by atoms with van der Waals surface area (Å²) in [6.45, 7) is 7.51. The molecule has 0 N–H and O–H groups in total. The van der Waals surface area contributed by atoms with Crippen LogP contribution in [0.25, 0.3) is 0 Å². The van der Waals surface area contributed by atoms with Crippen LogP contribution in [0.5, 0.6) is 0 Å². The van der Waals surface area contributed by atoms with Crippen molar-refractivity contribution in [2.24, 2.45) is 17.8 Å².